The first-order chi connectivity index (χ1) is 10.1. The van der Waals surface area contributed by atoms with Gasteiger partial charge < -0.3 is 10.1 Å². The smallest absolute Gasteiger partial charge is 0.413 e. The van der Waals surface area contributed by atoms with Crippen LogP contribution >= 0.6 is 0 Å². The number of fused-ring (bicyclic) bond motifs is 1. The zero-order valence-electron chi connectivity index (χ0n) is 12.1. The van der Waals surface area contributed by atoms with Crippen LogP contribution in [0.3, 0.4) is 0 Å². The Balaban J connectivity index is 2.04. The predicted molar refractivity (Wildman–Crippen MR) is 79.7 cm³/mol. The number of methoxy groups -OCH3 is 1. The van der Waals surface area contributed by atoms with Crippen molar-refractivity contribution in [2.45, 2.75) is 13.0 Å². The molecule has 2 rings (SSSR count). The molecule has 2 aromatic carbocycles. The van der Waals surface area contributed by atoms with Crippen LogP contribution in [0.4, 0.5) is 4.79 Å². The summed E-state index contributed by atoms with van der Waals surface area (Å²) in [6.07, 6.45) is -0.730. The van der Waals surface area contributed by atoms with Crippen molar-refractivity contribution in [1.82, 2.24) is 5.32 Å². The van der Waals surface area contributed by atoms with Gasteiger partial charge in [0.05, 0.1) is 7.11 Å². The van der Waals surface area contributed by atoms with Gasteiger partial charge in [-0.05, 0) is 17.7 Å². The highest BCUT2D eigenvalue weighted by Crippen LogP contribution is 2.21. The topological polar surface area (TPSA) is 72.0 Å². The number of hydrogen-bond acceptors (Lipinski definition) is 3. The van der Waals surface area contributed by atoms with Crippen molar-refractivity contribution in [2.75, 3.05) is 13.7 Å². The first kappa shape index (κ1) is 15.0. The van der Waals surface area contributed by atoms with Crippen molar-refractivity contribution in [2.24, 2.45) is 0 Å². The Morgan fingerprint density at radius 1 is 1.19 bits per heavy atom. The van der Waals surface area contributed by atoms with Crippen molar-refractivity contribution in [3.63, 3.8) is 0 Å². The van der Waals surface area contributed by atoms with Crippen molar-refractivity contribution >= 4 is 22.8 Å². The largest absolute Gasteiger partial charge is 0.453 e. The Kier molecular flexibility index (Phi) is 4.90. The summed E-state index contributed by atoms with van der Waals surface area (Å²) >= 11 is 0. The average molecular weight is 287 g/mol. The maximum absolute atomic E-state index is 11.6. The van der Waals surface area contributed by atoms with Gasteiger partial charge in [-0.3, -0.25) is 10.1 Å². The van der Waals surface area contributed by atoms with E-state index in [1.165, 1.54) is 23.4 Å². The highest BCUT2D eigenvalue weighted by Gasteiger charge is 2.15. The number of alkyl carbamates (subject to hydrolysis) is 1. The lowest BCUT2D eigenvalue weighted by atomic mass is 10.00. The van der Waals surface area contributed by atoms with Gasteiger partial charge in [-0.2, -0.15) is 0 Å². The standard InChI is InChI=1S/C16H18N2O3/c1-11(17-10-15(19)18-16(20)21-2)13-9-5-7-12-6-3-4-8-14(12)13/h3-9,11,17H,10H2,1-2H3,(H,18,19,20)/p+1/t11-/m1/s1. The second-order valence-corrected chi connectivity index (χ2v) is 4.84. The molecular formula is C16H19N2O3+. The molecule has 2 aromatic rings. The Labute approximate surface area is 123 Å². The van der Waals surface area contributed by atoms with Gasteiger partial charge in [0.2, 0.25) is 0 Å². The van der Waals surface area contributed by atoms with Crippen molar-refractivity contribution < 1.29 is 19.6 Å². The van der Waals surface area contributed by atoms with E-state index in [1.54, 1.807) is 0 Å². The quantitative estimate of drug-likeness (QED) is 0.891. The minimum Gasteiger partial charge on any atom is -0.453 e. The third kappa shape index (κ3) is 3.79. The molecule has 0 fully saturated rings. The minimum atomic E-state index is -0.730. The number of benzene rings is 2. The van der Waals surface area contributed by atoms with Crippen LogP contribution in [0.2, 0.25) is 0 Å². The predicted octanol–water partition coefficient (Wildman–Crippen LogP) is 1.35. The van der Waals surface area contributed by atoms with Crippen LogP contribution in [-0.4, -0.2) is 25.7 Å². The van der Waals surface area contributed by atoms with Gasteiger partial charge in [-0.25, -0.2) is 4.79 Å². The van der Waals surface area contributed by atoms with Crippen molar-refractivity contribution in [3.05, 3.63) is 48.0 Å². The van der Waals surface area contributed by atoms with E-state index in [0.29, 0.717) is 0 Å². The number of carbonyl (C=O) groups excluding carboxylic acids is 2. The third-order valence-electron chi connectivity index (χ3n) is 3.40. The van der Waals surface area contributed by atoms with Crippen LogP contribution in [0.25, 0.3) is 10.8 Å². The zero-order chi connectivity index (χ0) is 15.2. The van der Waals surface area contributed by atoms with Gasteiger partial charge in [0.25, 0.3) is 5.91 Å². The first-order valence-corrected chi connectivity index (χ1v) is 6.80. The number of carbonyl (C=O) groups is 2. The second kappa shape index (κ2) is 6.85. The Bertz CT molecular complexity index is 650. The molecule has 0 radical (unpaired) electrons. The molecule has 5 nitrogen and oxygen atoms in total. The number of nitrogens with one attached hydrogen (secondary N) is 1. The van der Waals surface area contributed by atoms with Gasteiger partial charge in [0.1, 0.15) is 6.04 Å². The van der Waals surface area contributed by atoms with Gasteiger partial charge in [0.15, 0.2) is 6.54 Å². The number of quaternary nitrogens is 1. The molecule has 0 spiro atoms. The number of amides is 2. The van der Waals surface area contributed by atoms with E-state index in [0.717, 1.165) is 0 Å². The van der Waals surface area contributed by atoms with Crippen LogP contribution in [0.5, 0.6) is 0 Å². The van der Waals surface area contributed by atoms with E-state index in [-0.39, 0.29) is 18.5 Å². The summed E-state index contributed by atoms with van der Waals surface area (Å²) < 4.78 is 4.39. The molecule has 110 valence electrons. The maximum atomic E-state index is 11.6. The second-order valence-electron chi connectivity index (χ2n) is 4.84. The Morgan fingerprint density at radius 2 is 1.90 bits per heavy atom. The number of nitrogens with two attached hydrogens (primary N) is 1. The fourth-order valence-corrected chi connectivity index (χ4v) is 2.27. The molecule has 21 heavy (non-hydrogen) atoms. The van der Waals surface area contributed by atoms with Gasteiger partial charge in [-0.1, -0.05) is 42.5 Å². The summed E-state index contributed by atoms with van der Waals surface area (Å²) in [6, 6.07) is 14.4. The molecular weight excluding hydrogens is 268 g/mol. The van der Waals surface area contributed by atoms with Gasteiger partial charge in [-0.15, -0.1) is 0 Å². The van der Waals surface area contributed by atoms with E-state index in [4.69, 9.17) is 0 Å². The molecule has 0 heterocycles. The van der Waals surface area contributed by atoms with Gasteiger partial charge >= 0.3 is 6.09 Å². The molecule has 0 aromatic heterocycles. The summed E-state index contributed by atoms with van der Waals surface area (Å²) in [6.45, 7) is 2.20. The number of ether oxygens (including phenoxy) is 1. The molecule has 0 unspecified atom stereocenters. The van der Waals surface area contributed by atoms with E-state index < -0.39 is 6.09 Å². The van der Waals surface area contributed by atoms with Crippen LogP contribution < -0.4 is 10.6 Å². The molecule has 2 amide bonds. The molecule has 1 atom stereocenters. The van der Waals surface area contributed by atoms with Crippen LogP contribution in [0.1, 0.15) is 18.5 Å². The molecule has 5 heteroatoms. The van der Waals surface area contributed by atoms with E-state index in [1.807, 2.05) is 30.4 Å². The summed E-state index contributed by atoms with van der Waals surface area (Å²) in [4.78, 5) is 22.5. The lowest BCUT2D eigenvalue weighted by Crippen LogP contribution is -2.87. The summed E-state index contributed by atoms with van der Waals surface area (Å²) in [5.41, 5.74) is 1.17. The lowest BCUT2D eigenvalue weighted by Gasteiger charge is -2.13. The molecule has 0 aliphatic rings. The fourth-order valence-electron chi connectivity index (χ4n) is 2.27. The molecule has 0 aliphatic carbocycles. The van der Waals surface area contributed by atoms with E-state index in [9.17, 15) is 9.59 Å². The molecule has 0 aliphatic heterocycles. The Hall–Kier alpha value is -2.40. The Morgan fingerprint density at radius 3 is 2.67 bits per heavy atom. The maximum Gasteiger partial charge on any atom is 0.413 e. The van der Waals surface area contributed by atoms with Crippen LogP contribution in [0.15, 0.2) is 42.5 Å². The first-order valence-electron chi connectivity index (χ1n) is 6.80. The lowest BCUT2D eigenvalue weighted by molar-refractivity contribution is -0.682. The SMILES string of the molecule is COC(=O)NC(=O)C[NH2+][C@H](C)c1cccc2ccccc12. The van der Waals surface area contributed by atoms with Crippen molar-refractivity contribution in [3.8, 4) is 0 Å². The minimum absolute atomic E-state index is 0.111. The van der Waals surface area contributed by atoms with Crippen molar-refractivity contribution in [1.29, 1.82) is 0 Å². The van der Waals surface area contributed by atoms with E-state index >= 15 is 0 Å². The summed E-state index contributed by atoms with van der Waals surface area (Å²) in [5.74, 6) is -0.367. The number of hydrogen-bond donors (Lipinski definition) is 2. The molecule has 0 bridgehead atoms. The molecule has 0 saturated carbocycles. The van der Waals surface area contributed by atoms with E-state index in [2.05, 4.69) is 34.3 Å². The average Bonchev–Trinajstić information content (AvgIpc) is 2.51. The molecule has 3 N–H and O–H groups in total. The third-order valence-corrected chi connectivity index (χ3v) is 3.40. The van der Waals surface area contributed by atoms with Gasteiger partial charge in [0, 0.05) is 5.56 Å². The van der Waals surface area contributed by atoms with Crippen LogP contribution in [-0.2, 0) is 9.53 Å². The molecule has 0 saturated heterocycles. The summed E-state index contributed by atoms with van der Waals surface area (Å²) in [5, 5.41) is 6.38. The fraction of sp³-hybridized carbons (Fsp3) is 0.250. The number of imide groups is 1. The zero-order valence-corrected chi connectivity index (χ0v) is 12.1. The highest BCUT2D eigenvalue weighted by atomic mass is 16.5. The normalized spacial score (nSPS) is 11.9. The monoisotopic (exact) mass is 287 g/mol. The summed E-state index contributed by atoms with van der Waals surface area (Å²) in [7, 11) is 1.23. The van der Waals surface area contributed by atoms with Crippen LogP contribution in [0, 0.1) is 0 Å². The highest BCUT2D eigenvalue weighted by molar-refractivity contribution is 5.92. The number of rotatable bonds is 4.